The molecule has 1 aromatic carbocycles. The van der Waals surface area contributed by atoms with Gasteiger partial charge in [-0.1, -0.05) is 13.0 Å². The predicted octanol–water partition coefficient (Wildman–Crippen LogP) is 2.42. The summed E-state index contributed by atoms with van der Waals surface area (Å²) >= 11 is 0. The number of amides is 1. The Kier molecular flexibility index (Phi) is 3.55. The molecule has 5 heteroatoms. The van der Waals surface area contributed by atoms with Gasteiger partial charge in [0.1, 0.15) is 0 Å². The molecule has 0 aliphatic rings. The maximum absolute atomic E-state index is 12.1. The van der Waals surface area contributed by atoms with Crippen LogP contribution in [0.25, 0.3) is 0 Å². The standard InChI is InChI=1S/C14H18N4O/c1-4-11-12(15)13(18-17-11)14(19)16-10-6-5-8(2)9(3)7-10/h5-7H,4,15H2,1-3H3,(H,16,19)(H,17,18). The lowest BCUT2D eigenvalue weighted by molar-refractivity contribution is 0.102. The molecule has 5 nitrogen and oxygen atoms in total. The van der Waals surface area contributed by atoms with E-state index in [0.717, 1.165) is 23.4 Å². The van der Waals surface area contributed by atoms with Crippen LogP contribution in [0, 0.1) is 13.8 Å². The maximum atomic E-state index is 12.1. The Bertz CT molecular complexity index is 616. The molecule has 0 aliphatic heterocycles. The van der Waals surface area contributed by atoms with Crippen molar-refractivity contribution in [1.29, 1.82) is 0 Å². The van der Waals surface area contributed by atoms with Gasteiger partial charge in [-0.3, -0.25) is 9.89 Å². The van der Waals surface area contributed by atoms with Crippen LogP contribution in [0.3, 0.4) is 0 Å². The molecule has 0 radical (unpaired) electrons. The number of hydrogen-bond acceptors (Lipinski definition) is 3. The summed E-state index contributed by atoms with van der Waals surface area (Å²) in [5.41, 5.74) is 10.4. The van der Waals surface area contributed by atoms with Crippen LogP contribution in [-0.4, -0.2) is 16.1 Å². The second-order valence-electron chi connectivity index (χ2n) is 4.57. The van der Waals surface area contributed by atoms with Crippen molar-refractivity contribution in [3.05, 3.63) is 40.7 Å². The lowest BCUT2D eigenvalue weighted by Crippen LogP contribution is -2.14. The highest BCUT2D eigenvalue weighted by Gasteiger charge is 2.16. The summed E-state index contributed by atoms with van der Waals surface area (Å²) in [6.45, 7) is 5.98. The van der Waals surface area contributed by atoms with E-state index in [2.05, 4.69) is 15.5 Å². The Morgan fingerprint density at radius 3 is 2.68 bits per heavy atom. The van der Waals surface area contributed by atoms with E-state index in [1.165, 1.54) is 5.56 Å². The van der Waals surface area contributed by atoms with E-state index in [1.807, 2.05) is 39.0 Å². The molecule has 1 amide bonds. The normalized spacial score (nSPS) is 10.5. The molecule has 0 bridgehead atoms. The van der Waals surface area contributed by atoms with E-state index in [4.69, 9.17) is 5.73 Å². The van der Waals surface area contributed by atoms with Crippen molar-refractivity contribution in [3.63, 3.8) is 0 Å². The van der Waals surface area contributed by atoms with Crippen molar-refractivity contribution in [3.8, 4) is 0 Å². The smallest absolute Gasteiger partial charge is 0.278 e. The Morgan fingerprint density at radius 1 is 1.37 bits per heavy atom. The van der Waals surface area contributed by atoms with Crippen LogP contribution in [-0.2, 0) is 6.42 Å². The van der Waals surface area contributed by atoms with Gasteiger partial charge in [0.25, 0.3) is 5.91 Å². The number of nitrogen functional groups attached to an aromatic ring is 1. The van der Waals surface area contributed by atoms with Crippen LogP contribution in [0.2, 0.25) is 0 Å². The summed E-state index contributed by atoms with van der Waals surface area (Å²) in [7, 11) is 0. The van der Waals surface area contributed by atoms with Gasteiger partial charge in [0.2, 0.25) is 0 Å². The highest BCUT2D eigenvalue weighted by molar-refractivity contribution is 6.06. The average molecular weight is 258 g/mol. The summed E-state index contributed by atoms with van der Waals surface area (Å²) in [6.07, 6.45) is 0.718. The van der Waals surface area contributed by atoms with Crippen molar-refractivity contribution in [2.45, 2.75) is 27.2 Å². The lowest BCUT2D eigenvalue weighted by Gasteiger charge is -2.06. The zero-order chi connectivity index (χ0) is 14.0. The number of nitrogens with one attached hydrogen (secondary N) is 2. The number of aromatic nitrogens is 2. The van der Waals surface area contributed by atoms with Gasteiger partial charge in [-0.2, -0.15) is 5.10 Å². The van der Waals surface area contributed by atoms with Gasteiger partial charge in [0.15, 0.2) is 5.69 Å². The largest absolute Gasteiger partial charge is 0.395 e. The van der Waals surface area contributed by atoms with Crippen LogP contribution < -0.4 is 11.1 Å². The van der Waals surface area contributed by atoms with E-state index in [0.29, 0.717) is 5.69 Å². The molecule has 4 N–H and O–H groups in total. The maximum Gasteiger partial charge on any atom is 0.278 e. The number of anilines is 2. The first kappa shape index (κ1) is 13.1. The zero-order valence-corrected chi connectivity index (χ0v) is 11.4. The van der Waals surface area contributed by atoms with Gasteiger partial charge >= 0.3 is 0 Å². The molecule has 0 saturated heterocycles. The molecule has 0 saturated carbocycles. The fraction of sp³-hybridized carbons (Fsp3) is 0.286. The number of rotatable bonds is 3. The molecule has 0 aliphatic carbocycles. The molecule has 0 atom stereocenters. The Morgan fingerprint density at radius 2 is 2.11 bits per heavy atom. The molecular weight excluding hydrogens is 240 g/mol. The summed E-state index contributed by atoms with van der Waals surface area (Å²) < 4.78 is 0. The first-order valence-corrected chi connectivity index (χ1v) is 6.24. The van der Waals surface area contributed by atoms with Crippen LogP contribution in [0.15, 0.2) is 18.2 Å². The van der Waals surface area contributed by atoms with Crippen LogP contribution in [0.4, 0.5) is 11.4 Å². The minimum absolute atomic E-state index is 0.245. The van der Waals surface area contributed by atoms with Gasteiger partial charge in [0.05, 0.1) is 11.4 Å². The Balaban J connectivity index is 2.20. The van der Waals surface area contributed by atoms with Crippen LogP contribution >= 0.6 is 0 Å². The number of H-pyrrole nitrogens is 1. The summed E-state index contributed by atoms with van der Waals surface area (Å²) in [6, 6.07) is 5.76. The highest BCUT2D eigenvalue weighted by Crippen LogP contribution is 2.18. The van der Waals surface area contributed by atoms with E-state index < -0.39 is 0 Å². The molecule has 100 valence electrons. The second-order valence-corrected chi connectivity index (χ2v) is 4.57. The molecule has 2 rings (SSSR count). The second kappa shape index (κ2) is 5.14. The van der Waals surface area contributed by atoms with Crippen LogP contribution in [0.1, 0.15) is 34.2 Å². The van der Waals surface area contributed by atoms with Crippen molar-refractivity contribution in [1.82, 2.24) is 10.2 Å². The monoisotopic (exact) mass is 258 g/mol. The minimum atomic E-state index is -0.295. The average Bonchev–Trinajstić information content (AvgIpc) is 2.75. The van der Waals surface area contributed by atoms with Gasteiger partial charge in [-0.25, -0.2) is 0 Å². The summed E-state index contributed by atoms with van der Waals surface area (Å²) in [5, 5.41) is 9.54. The highest BCUT2D eigenvalue weighted by atomic mass is 16.2. The summed E-state index contributed by atoms with van der Waals surface area (Å²) in [4.78, 5) is 12.1. The number of nitrogens with two attached hydrogens (primary N) is 1. The third-order valence-corrected chi connectivity index (χ3v) is 3.22. The zero-order valence-electron chi connectivity index (χ0n) is 11.4. The van der Waals surface area contributed by atoms with E-state index >= 15 is 0 Å². The third-order valence-electron chi connectivity index (χ3n) is 3.22. The van der Waals surface area contributed by atoms with Gasteiger partial charge in [-0.15, -0.1) is 0 Å². The van der Waals surface area contributed by atoms with Gasteiger partial charge < -0.3 is 11.1 Å². The molecular formula is C14H18N4O. The van der Waals surface area contributed by atoms with E-state index in [1.54, 1.807) is 0 Å². The molecule has 1 aromatic heterocycles. The Labute approximate surface area is 112 Å². The molecule has 0 fully saturated rings. The van der Waals surface area contributed by atoms with Crippen molar-refractivity contribution < 1.29 is 4.79 Å². The number of hydrogen-bond donors (Lipinski definition) is 3. The quantitative estimate of drug-likeness (QED) is 0.790. The molecule has 1 heterocycles. The SMILES string of the molecule is CCc1[nH]nc(C(=O)Nc2ccc(C)c(C)c2)c1N. The van der Waals surface area contributed by atoms with E-state index in [-0.39, 0.29) is 11.6 Å². The van der Waals surface area contributed by atoms with Crippen molar-refractivity contribution in [2.24, 2.45) is 0 Å². The topological polar surface area (TPSA) is 83.8 Å². The molecule has 19 heavy (non-hydrogen) atoms. The number of nitrogens with zero attached hydrogens (tertiary/aromatic N) is 1. The molecule has 0 spiro atoms. The Hall–Kier alpha value is -2.30. The fourth-order valence-electron chi connectivity index (χ4n) is 1.84. The molecule has 2 aromatic rings. The first-order chi connectivity index (χ1) is 9.02. The fourth-order valence-corrected chi connectivity index (χ4v) is 1.84. The number of benzene rings is 1. The first-order valence-electron chi connectivity index (χ1n) is 6.24. The van der Waals surface area contributed by atoms with Crippen LogP contribution in [0.5, 0.6) is 0 Å². The minimum Gasteiger partial charge on any atom is -0.395 e. The van der Waals surface area contributed by atoms with Gasteiger partial charge in [0, 0.05) is 5.69 Å². The van der Waals surface area contributed by atoms with Gasteiger partial charge in [-0.05, 0) is 43.5 Å². The number of carbonyl (C=O) groups is 1. The molecule has 0 unspecified atom stereocenters. The number of aryl methyl sites for hydroxylation is 3. The predicted molar refractivity (Wildman–Crippen MR) is 76.2 cm³/mol. The van der Waals surface area contributed by atoms with Crippen molar-refractivity contribution >= 4 is 17.3 Å². The number of carbonyl (C=O) groups excluding carboxylic acids is 1. The summed E-state index contributed by atoms with van der Waals surface area (Å²) in [5.74, 6) is -0.295. The lowest BCUT2D eigenvalue weighted by atomic mass is 10.1. The number of aromatic amines is 1. The van der Waals surface area contributed by atoms with E-state index in [9.17, 15) is 4.79 Å². The van der Waals surface area contributed by atoms with Crippen molar-refractivity contribution in [2.75, 3.05) is 11.1 Å². The third kappa shape index (κ3) is 2.59.